The predicted molar refractivity (Wildman–Crippen MR) is 68.4 cm³/mol. The molecular weight excluding hydrogens is 276 g/mol. The van der Waals surface area contributed by atoms with Gasteiger partial charge >= 0.3 is 5.97 Å². The van der Waals surface area contributed by atoms with Gasteiger partial charge in [-0.25, -0.2) is 8.42 Å². The first-order valence-electron chi connectivity index (χ1n) is 5.61. The van der Waals surface area contributed by atoms with Gasteiger partial charge in [0.2, 0.25) is 5.91 Å². The van der Waals surface area contributed by atoms with Crippen LogP contribution in [0, 0.1) is 0 Å². The van der Waals surface area contributed by atoms with E-state index in [0.717, 1.165) is 6.26 Å². The number of amides is 1. The summed E-state index contributed by atoms with van der Waals surface area (Å²) < 4.78 is 26.7. The van der Waals surface area contributed by atoms with Crippen molar-refractivity contribution in [3.8, 4) is 0 Å². The average Bonchev–Trinajstić information content (AvgIpc) is 2.29. The van der Waals surface area contributed by atoms with E-state index in [2.05, 4.69) is 5.32 Å². The lowest BCUT2D eigenvalue weighted by Crippen LogP contribution is -2.44. The summed E-state index contributed by atoms with van der Waals surface area (Å²) in [6.45, 7) is 0.00814. The number of rotatable bonds is 9. The molecule has 0 fully saturated rings. The zero-order valence-corrected chi connectivity index (χ0v) is 11.8. The van der Waals surface area contributed by atoms with Gasteiger partial charge in [0, 0.05) is 19.9 Å². The number of sulfone groups is 1. The third-order valence-corrected chi connectivity index (χ3v) is 3.35. The second-order valence-electron chi connectivity index (χ2n) is 4.23. The van der Waals surface area contributed by atoms with Crippen molar-refractivity contribution in [3.63, 3.8) is 0 Å². The monoisotopic (exact) mass is 296 g/mol. The molecule has 2 atom stereocenters. The number of methoxy groups -OCH3 is 1. The summed E-state index contributed by atoms with van der Waals surface area (Å²) in [4.78, 5) is 22.0. The van der Waals surface area contributed by atoms with Crippen molar-refractivity contribution in [1.29, 1.82) is 0 Å². The highest BCUT2D eigenvalue weighted by Gasteiger charge is 2.18. The molecule has 9 heteroatoms. The highest BCUT2D eigenvalue weighted by molar-refractivity contribution is 7.90. The van der Waals surface area contributed by atoms with Gasteiger partial charge in [0.15, 0.2) is 0 Å². The second-order valence-corrected chi connectivity index (χ2v) is 6.49. The molecule has 4 N–H and O–H groups in total. The maximum absolute atomic E-state index is 11.5. The SMILES string of the molecule is COC(CNC(=O)C(N)CCS(C)(=O)=O)CC(=O)O. The summed E-state index contributed by atoms with van der Waals surface area (Å²) in [6, 6.07) is -0.947. The van der Waals surface area contributed by atoms with E-state index in [-0.39, 0.29) is 25.1 Å². The van der Waals surface area contributed by atoms with Gasteiger partial charge in [-0.3, -0.25) is 9.59 Å². The van der Waals surface area contributed by atoms with Crippen LogP contribution >= 0.6 is 0 Å². The molecule has 0 aliphatic heterocycles. The van der Waals surface area contributed by atoms with Crippen molar-refractivity contribution in [2.75, 3.05) is 25.7 Å². The fourth-order valence-electron chi connectivity index (χ4n) is 1.25. The van der Waals surface area contributed by atoms with Gasteiger partial charge in [-0.2, -0.15) is 0 Å². The van der Waals surface area contributed by atoms with Crippen LogP contribution in [0.5, 0.6) is 0 Å². The summed E-state index contributed by atoms with van der Waals surface area (Å²) in [6.07, 6.45) is 0.186. The quantitative estimate of drug-likeness (QED) is 0.464. The first-order chi connectivity index (χ1) is 8.65. The standard InChI is InChI=1S/C10H20N2O6S/c1-18-7(5-9(13)14)6-12-10(15)8(11)3-4-19(2,16)17/h7-8H,3-6,11H2,1-2H3,(H,12,15)(H,13,14). The number of hydrogen-bond donors (Lipinski definition) is 3. The van der Waals surface area contributed by atoms with Gasteiger partial charge < -0.3 is 20.9 Å². The molecular formula is C10H20N2O6S. The molecule has 112 valence electrons. The van der Waals surface area contributed by atoms with Crippen LogP contribution in [0.4, 0.5) is 0 Å². The van der Waals surface area contributed by atoms with E-state index in [9.17, 15) is 18.0 Å². The Balaban J connectivity index is 4.11. The molecule has 1 amide bonds. The summed E-state index contributed by atoms with van der Waals surface area (Å²) in [5.74, 6) is -1.75. The normalized spacial score (nSPS) is 14.7. The number of carbonyl (C=O) groups excluding carboxylic acids is 1. The van der Waals surface area contributed by atoms with Crippen molar-refractivity contribution in [1.82, 2.24) is 5.32 Å². The molecule has 0 aromatic heterocycles. The maximum atomic E-state index is 11.5. The molecule has 0 spiro atoms. The van der Waals surface area contributed by atoms with E-state index in [1.165, 1.54) is 7.11 Å². The third kappa shape index (κ3) is 9.40. The van der Waals surface area contributed by atoms with Crippen LogP contribution in [0.25, 0.3) is 0 Å². The van der Waals surface area contributed by atoms with Gasteiger partial charge in [-0.05, 0) is 6.42 Å². The highest BCUT2D eigenvalue weighted by atomic mass is 32.2. The molecule has 19 heavy (non-hydrogen) atoms. The Morgan fingerprint density at radius 1 is 1.42 bits per heavy atom. The van der Waals surface area contributed by atoms with E-state index in [1.54, 1.807) is 0 Å². The number of carboxylic acids is 1. The molecule has 0 heterocycles. The lowest BCUT2D eigenvalue weighted by Gasteiger charge is -2.16. The fourth-order valence-corrected chi connectivity index (χ4v) is 1.93. The summed E-state index contributed by atoms with van der Waals surface area (Å²) in [5.41, 5.74) is 5.52. The summed E-state index contributed by atoms with van der Waals surface area (Å²) in [7, 11) is -1.83. The van der Waals surface area contributed by atoms with E-state index < -0.39 is 33.9 Å². The number of nitrogens with two attached hydrogens (primary N) is 1. The van der Waals surface area contributed by atoms with Crippen LogP contribution in [0.15, 0.2) is 0 Å². The first-order valence-corrected chi connectivity index (χ1v) is 7.67. The molecule has 0 rings (SSSR count). The van der Waals surface area contributed by atoms with Crippen molar-refractivity contribution in [2.45, 2.75) is 25.0 Å². The molecule has 0 aromatic carbocycles. The molecule has 0 aromatic rings. The number of carboxylic acid groups (broad SMARTS) is 1. The van der Waals surface area contributed by atoms with Crippen LogP contribution in [0.2, 0.25) is 0 Å². The maximum Gasteiger partial charge on any atom is 0.306 e. The van der Waals surface area contributed by atoms with E-state index >= 15 is 0 Å². The zero-order valence-electron chi connectivity index (χ0n) is 11.0. The molecule has 0 aliphatic carbocycles. The molecule has 0 saturated heterocycles. The van der Waals surface area contributed by atoms with Crippen molar-refractivity contribution in [3.05, 3.63) is 0 Å². The summed E-state index contributed by atoms with van der Waals surface area (Å²) >= 11 is 0. The Bertz CT molecular complexity index is 408. The third-order valence-electron chi connectivity index (χ3n) is 2.38. The van der Waals surface area contributed by atoms with Crippen LogP contribution < -0.4 is 11.1 Å². The van der Waals surface area contributed by atoms with Gasteiger partial charge in [0.1, 0.15) is 9.84 Å². The first kappa shape index (κ1) is 17.8. The van der Waals surface area contributed by atoms with Crippen LogP contribution in [0.1, 0.15) is 12.8 Å². The molecule has 0 saturated carbocycles. The topological polar surface area (TPSA) is 136 Å². The second kappa shape index (κ2) is 8.08. The number of carbonyl (C=O) groups is 2. The lowest BCUT2D eigenvalue weighted by atomic mass is 10.2. The van der Waals surface area contributed by atoms with E-state index in [0.29, 0.717) is 0 Å². The van der Waals surface area contributed by atoms with Crippen molar-refractivity contribution in [2.24, 2.45) is 5.73 Å². The Morgan fingerprint density at radius 2 is 2.00 bits per heavy atom. The van der Waals surface area contributed by atoms with Gasteiger partial charge in [-0.1, -0.05) is 0 Å². The van der Waals surface area contributed by atoms with Gasteiger partial charge in [0.05, 0.1) is 24.3 Å². The molecule has 0 aliphatic rings. The van der Waals surface area contributed by atoms with Gasteiger partial charge in [-0.15, -0.1) is 0 Å². The molecule has 8 nitrogen and oxygen atoms in total. The van der Waals surface area contributed by atoms with E-state index in [1.807, 2.05) is 0 Å². The van der Waals surface area contributed by atoms with E-state index in [4.69, 9.17) is 15.6 Å². The average molecular weight is 296 g/mol. The Morgan fingerprint density at radius 3 is 2.42 bits per heavy atom. The minimum absolute atomic E-state index is 0.00814. The van der Waals surface area contributed by atoms with Crippen LogP contribution in [0.3, 0.4) is 0 Å². The molecule has 0 radical (unpaired) electrons. The van der Waals surface area contributed by atoms with Crippen molar-refractivity contribution < 1.29 is 27.9 Å². The van der Waals surface area contributed by atoms with Gasteiger partial charge in [0.25, 0.3) is 0 Å². The number of aliphatic carboxylic acids is 1. The Kier molecular flexibility index (Phi) is 7.57. The molecule has 2 unspecified atom stereocenters. The predicted octanol–water partition coefficient (Wildman–Crippen LogP) is -1.65. The highest BCUT2D eigenvalue weighted by Crippen LogP contribution is 1.97. The van der Waals surface area contributed by atoms with Crippen LogP contribution in [-0.2, 0) is 24.2 Å². The zero-order chi connectivity index (χ0) is 15.1. The number of ether oxygens (including phenoxy) is 1. The Hall–Kier alpha value is -1.19. The lowest BCUT2D eigenvalue weighted by molar-refractivity contribution is -0.140. The largest absolute Gasteiger partial charge is 0.481 e. The number of hydrogen-bond acceptors (Lipinski definition) is 6. The van der Waals surface area contributed by atoms with Crippen LogP contribution in [-0.4, -0.2) is 63.2 Å². The fraction of sp³-hybridized carbons (Fsp3) is 0.800. The van der Waals surface area contributed by atoms with Crippen molar-refractivity contribution >= 4 is 21.7 Å². The smallest absolute Gasteiger partial charge is 0.306 e. The minimum atomic E-state index is -3.17. The number of nitrogens with one attached hydrogen (secondary N) is 1. The minimum Gasteiger partial charge on any atom is -0.481 e. The molecule has 0 bridgehead atoms. The summed E-state index contributed by atoms with van der Waals surface area (Å²) in [5, 5.41) is 11.0. The Labute approximate surface area is 112 Å².